The van der Waals surface area contributed by atoms with Crippen LogP contribution in [0.5, 0.6) is 0 Å². The van der Waals surface area contributed by atoms with Gasteiger partial charge < -0.3 is 10.3 Å². The summed E-state index contributed by atoms with van der Waals surface area (Å²) in [5.74, 6) is -0.493. The first-order valence-electron chi connectivity index (χ1n) is 9.84. The van der Waals surface area contributed by atoms with Crippen molar-refractivity contribution in [1.29, 1.82) is 0 Å². The van der Waals surface area contributed by atoms with E-state index in [1.165, 1.54) is 17.7 Å². The molecule has 0 aliphatic heterocycles. The number of H-pyrrole nitrogens is 1. The Morgan fingerprint density at radius 3 is 2.57 bits per heavy atom. The molecule has 1 heterocycles. The van der Waals surface area contributed by atoms with Crippen molar-refractivity contribution in [3.63, 3.8) is 0 Å². The molecular weight excluding hydrogens is 399 g/mol. The van der Waals surface area contributed by atoms with E-state index in [4.69, 9.17) is 11.6 Å². The van der Waals surface area contributed by atoms with Crippen molar-refractivity contribution in [2.75, 3.05) is 0 Å². The van der Waals surface area contributed by atoms with Gasteiger partial charge in [-0.15, -0.1) is 0 Å². The molecular formula is C25H22ClFN2O. The number of halogens is 2. The zero-order valence-corrected chi connectivity index (χ0v) is 17.6. The highest BCUT2D eigenvalue weighted by Crippen LogP contribution is 2.28. The van der Waals surface area contributed by atoms with Crippen molar-refractivity contribution in [3.8, 4) is 11.3 Å². The maximum Gasteiger partial charge on any atom is 0.257 e. The number of fused-ring (bicyclic) bond motifs is 1. The summed E-state index contributed by atoms with van der Waals surface area (Å²) >= 11 is 6.27. The Balaban J connectivity index is 1.69. The number of aromatic nitrogens is 1. The van der Waals surface area contributed by atoms with Crippen molar-refractivity contribution in [3.05, 3.63) is 99.1 Å². The number of benzene rings is 2. The lowest BCUT2D eigenvalue weighted by Crippen LogP contribution is -2.23. The molecule has 1 amide bonds. The van der Waals surface area contributed by atoms with Gasteiger partial charge in [-0.1, -0.05) is 29.3 Å². The van der Waals surface area contributed by atoms with Crippen LogP contribution < -0.4 is 5.32 Å². The highest BCUT2D eigenvalue weighted by molar-refractivity contribution is 6.34. The molecule has 2 N–H and O–H groups in total. The van der Waals surface area contributed by atoms with Gasteiger partial charge in [0.1, 0.15) is 5.82 Å². The van der Waals surface area contributed by atoms with E-state index in [1.54, 1.807) is 18.2 Å². The summed E-state index contributed by atoms with van der Waals surface area (Å²) in [6.45, 7) is 3.92. The second-order valence-corrected chi connectivity index (χ2v) is 8.01. The minimum atomic E-state index is -0.261. The lowest BCUT2D eigenvalue weighted by molar-refractivity contribution is 0.0967. The fourth-order valence-corrected chi connectivity index (χ4v) is 4.00. The number of carbonyl (C=O) groups is 1. The maximum absolute atomic E-state index is 13.3. The molecule has 0 atom stereocenters. The maximum atomic E-state index is 13.3. The van der Waals surface area contributed by atoms with Crippen molar-refractivity contribution in [1.82, 2.24) is 10.3 Å². The summed E-state index contributed by atoms with van der Waals surface area (Å²) in [4.78, 5) is 16.4. The Morgan fingerprint density at radius 2 is 1.83 bits per heavy atom. The molecule has 0 radical (unpaired) electrons. The molecule has 0 saturated carbocycles. The summed E-state index contributed by atoms with van der Waals surface area (Å²) in [6.07, 6.45) is 5.69. The molecule has 5 heteroatoms. The lowest BCUT2D eigenvalue weighted by atomic mass is 10.0. The third kappa shape index (κ3) is 4.24. The average Bonchev–Trinajstić information content (AvgIpc) is 3.07. The fraction of sp³-hybridized carbons (Fsp3) is 0.160. The Hall–Kier alpha value is -3.11. The molecule has 0 unspecified atom stereocenters. The Morgan fingerprint density at radius 1 is 1.07 bits per heavy atom. The third-order valence-electron chi connectivity index (χ3n) is 5.28. The molecule has 3 nitrogen and oxygen atoms in total. The number of nitrogens with one attached hydrogen (secondary N) is 2. The first-order valence-corrected chi connectivity index (χ1v) is 10.2. The summed E-state index contributed by atoms with van der Waals surface area (Å²) in [6, 6.07) is 13.9. The number of amides is 1. The number of aromatic amines is 1. The number of carbonyl (C=O) groups excluding carboxylic acids is 1. The molecule has 152 valence electrons. The van der Waals surface area contributed by atoms with Gasteiger partial charge in [0.25, 0.3) is 5.91 Å². The van der Waals surface area contributed by atoms with Gasteiger partial charge in [0.05, 0.1) is 10.6 Å². The molecule has 1 aliphatic rings. The van der Waals surface area contributed by atoms with Gasteiger partial charge in [0.2, 0.25) is 0 Å². The topological polar surface area (TPSA) is 44.9 Å². The van der Waals surface area contributed by atoms with Crippen LogP contribution in [0, 0.1) is 12.7 Å². The minimum absolute atomic E-state index is 0.232. The fourth-order valence-electron chi connectivity index (χ4n) is 3.69. The van der Waals surface area contributed by atoms with Crippen molar-refractivity contribution in [2.45, 2.75) is 26.7 Å². The summed E-state index contributed by atoms with van der Waals surface area (Å²) < 4.78 is 13.3. The van der Waals surface area contributed by atoms with E-state index in [2.05, 4.69) is 17.2 Å². The first-order chi connectivity index (χ1) is 14.4. The standard InChI is InChI=1S/C25H22ClFN2O/c1-15-6-11-22-18(14-23(29-22)17-7-9-19(27)10-8-17)13-20(12-15)28-25(30)24-16(2)4-3-5-21(24)26/h3-5,7-10,12-14,29H,6,11H2,1-2H3,(H,28,30). The predicted molar refractivity (Wildman–Crippen MR) is 120 cm³/mol. The monoisotopic (exact) mass is 420 g/mol. The molecule has 0 bridgehead atoms. The molecule has 4 rings (SSSR count). The van der Waals surface area contributed by atoms with E-state index in [0.29, 0.717) is 16.3 Å². The minimum Gasteiger partial charge on any atom is -0.358 e. The number of rotatable bonds is 3. The van der Waals surface area contributed by atoms with Crippen LogP contribution in [0.4, 0.5) is 4.39 Å². The van der Waals surface area contributed by atoms with E-state index >= 15 is 0 Å². The Bertz CT molecular complexity index is 1150. The molecule has 2 aromatic carbocycles. The van der Waals surface area contributed by atoms with Crippen LogP contribution in [0.1, 0.15) is 40.5 Å². The highest BCUT2D eigenvalue weighted by Gasteiger charge is 2.16. The number of hydrogen-bond acceptors (Lipinski definition) is 1. The smallest absolute Gasteiger partial charge is 0.257 e. The van der Waals surface area contributed by atoms with Crippen molar-refractivity contribution < 1.29 is 9.18 Å². The van der Waals surface area contributed by atoms with Gasteiger partial charge >= 0.3 is 0 Å². The molecule has 3 aromatic rings. The van der Waals surface area contributed by atoms with Crippen molar-refractivity contribution >= 4 is 23.6 Å². The highest BCUT2D eigenvalue weighted by atomic mass is 35.5. The average molecular weight is 421 g/mol. The van der Waals surface area contributed by atoms with Gasteiger partial charge in [-0.2, -0.15) is 0 Å². The van der Waals surface area contributed by atoms with Gasteiger partial charge in [-0.3, -0.25) is 4.79 Å². The van der Waals surface area contributed by atoms with E-state index in [-0.39, 0.29) is 11.7 Å². The van der Waals surface area contributed by atoms with Gasteiger partial charge in [-0.25, -0.2) is 4.39 Å². The second kappa shape index (κ2) is 8.33. The predicted octanol–water partition coefficient (Wildman–Crippen LogP) is 6.45. The quantitative estimate of drug-likeness (QED) is 0.502. The van der Waals surface area contributed by atoms with Crippen LogP contribution in [0.25, 0.3) is 17.3 Å². The normalized spacial score (nSPS) is 13.6. The lowest BCUT2D eigenvalue weighted by Gasteiger charge is -2.13. The summed E-state index contributed by atoms with van der Waals surface area (Å²) in [7, 11) is 0. The van der Waals surface area contributed by atoms with Crippen LogP contribution in [0.15, 0.2) is 65.9 Å². The van der Waals surface area contributed by atoms with Crippen LogP contribution in [0.2, 0.25) is 5.02 Å². The molecule has 0 spiro atoms. The van der Waals surface area contributed by atoms with Crippen LogP contribution in [-0.4, -0.2) is 10.9 Å². The number of aryl methyl sites for hydroxylation is 2. The molecule has 0 saturated heterocycles. The van der Waals surface area contributed by atoms with Crippen LogP contribution in [0.3, 0.4) is 0 Å². The SMILES string of the molecule is CC1=CC(NC(=O)c2c(C)cccc2Cl)=Cc2cc(-c3ccc(F)cc3)[nH]c2CC1. The summed E-state index contributed by atoms with van der Waals surface area (Å²) in [5.41, 5.74) is 7.11. The second-order valence-electron chi connectivity index (χ2n) is 7.60. The zero-order chi connectivity index (χ0) is 21.3. The van der Waals surface area contributed by atoms with Gasteiger partial charge in [0, 0.05) is 17.1 Å². The van der Waals surface area contributed by atoms with E-state index < -0.39 is 0 Å². The largest absolute Gasteiger partial charge is 0.358 e. The molecule has 1 aliphatic carbocycles. The van der Waals surface area contributed by atoms with E-state index in [9.17, 15) is 9.18 Å². The summed E-state index contributed by atoms with van der Waals surface area (Å²) in [5, 5.41) is 3.44. The Kier molecular flexibility index (Phi) is 5.60. The zero-order valence-electron chi connectivity index (χ0n) is 16.9. The third-order valence-corrected chi connectivity index (χ3v) is 5.59. The number of allylic oxidation sites excluding steroid dienone is 2. The van der Waals surface area contributed by atoms with Gasteiger partial charge in [0.15, 0.2) is 0 Å². The molecule has 30 heavy (non-hydrogen) atoms. The molecule has 1 aromatic heterocycles. The van der Waals surface area contributed by atoms with Gasteiger partial charge in [-0.05, 0) is 91.9 Å². The molecule has 0 fully saturated rings. The van der Waals surface area contributed by atoms with Crippen LogP contribution >= 0.6 is 11.6 Å². The van der Waals surface area contributed by atoms with Crippen molar-refractivity contribution in [2.24, 2.45) is 0 Å². The first kappa shape index (κ1) is 20.2. The van der Waals surface area contributed by atoms with Crippen LogP contribution in [-0.2, 0) is 6.42 Å². The van der Waals surface area contributed by atoms with E-state index in [1.807, 2.05) is 37.3 Å². The number of hydrogen-bond donors (Lipinski definition) is 2. The Labute approximate surface area is 180 Å². The van der Waals surface area contributed by atoms with E-state index in [0.717, 1.165) is 40.9 Å².